The van der Waals surface area contributed by atoms with Gasteiger partial charge in [-0.3, -0.25) is 4.79 Å². The number of rotatable bonds is 2. The molecule has 0 aromatic heterocycles. The molecular formula is C9H15NO4S2. The summed E-state index contributed by atoms with van der Waals surface area (Å²) in [6.07, 6.45) is 1.64. The summed E-state index contributed by atoms with van der Waals surface area (Å²) in [5.41, 5.74) is -0.299. The Balaban J connectivity index is 2.18. The molecule has 2 rings (SSSR count). The maximum absolute atomic E-state index is 11.3. The first-order valence-electron chi connectivity index (χ1n) is 5.19. The van der Waals surface area contributed by atoms with Crippen LogP contribution in [0.25, 0.3) is 0 Å². The number of carbonyl (C=O) groups excluding carboxylic acids is 1. The lowest BCUT2D eigenvalue weighted by molar-refractivity contribution is -0.140. The first-order chi connectivity index (χ1) is 7.41. The Hall–Kier alpha value is -0.270. The van der Waals surface area contributed by atoms with Crippen molar-refractivity contribution in [2.75, 3.05) is 17.3 Å². The summed E-state index contributed by atoms with van der Waals surface area (Å²) >= 11 is 1.75. The number of cyclic esters (lactones) is 1. The van der Waals surface area contributed by atoms with Crippen LogP contribution in [0.15, 0.2) is 0 Å². The molecule has 7 heteroatoms. The number of nitrogens with two attached hydrogens (primary N) is 1. The van der Waals surface area contributed by atoms with E-state index in [0.29, 0.717) is 6.42 Å². The van der Waals surface area contributed by atoms with Gasteiger partial charge in [0, 0.05) is 11.2 Å². The zero-order valence-corrected chi connectivity index (χ0v) is 10.5. The monoisotopic (exact) mass is 265 g/mol. The molecule has 16 heavy (non-hydrogen) atoms. The molecule has 2 unspecified atom stereocenters. The van der Waals surface area contributed by atoms with Crippen molar-refractivity contribution in [2.45, 2.75) is 25.4 Å². The number of thioether (sulfide) groups is 1. The van der Waals surface area contributed by atoms with Crippen LogP contribution in [-0.2, 0) is 19.6 Å². The van der Waals surface area contributed by atoms with Crippen LogP contribution in [0.1, 0.15) is 19.3 Å². The molecule has 2 N–H and O–H groups in total. The molecule has 0 aromatic rings. The van der Waals surface area contributed by atoms with Crippen molar-refractivity contribution in [3.8, 4) is 0 Å². The first kappa shape index (κ1) is 12.2. The van der Waals surface area contributed by atoms with Gasteiger partial charge in [0.25, 0.3) is 0 Å². The van der Waals surface area contributed by atoms with Gasteiger partial charge in [-0.15, -0.1) is 0 Å². The molecule has 2 saturated heterocycles. The lowest BCUT2D eigenvalue weighted by Gasteiger charge is -2.35. The van der Waals surface area contributed by atoms with Crippen LogP contribution in [0.2, 0.25) is 0 Å². The Morgan fingerprint density at radius 2 is 2.31 bits per heavy atom. The highest BCUT2D eigenvalue weighted by molar-refractivity contribution is 7.99. The van der Waals surface area contributed by atoms with Crippen LogP contribution in [0.5, 0.6) is 0 Å². The smallest absolute Gasteiger partial charge is 0.306 e. The van der Waals surface area contributed by atoms with E-state index in [2.05, 4.69) is 0 Å². The first-order valence-corrected chi connectivity index (χ1v) is 8.06. The maximum Gasteiger partial charge on any atom is 0.306 e. The van der Waals surface area contributed by atoms with E-state index in [0.717, 1.165) is 24.3 Å². The second kappa shape index (κ2) is 4.19. The highest BCUT2D eigenvalue weighted by Crippen LogP contribution is 2.46. The molecule has 2 fully saturated rings. The van der Waals surface area contributed by atoms with Crippen molar-refractivity contribution < 1.29 is 17.9 Å². The second-order valence-electron chi connectivity index (χ2n) is 4.50. The molecule has 0 aromatic carbocycles. The summed E-state index contributed by atoms with van der Waals surface area (Å²) in [5.74, 6) is 1.31. The number of sulfonamides is 1. The fourth-order valence-corrected chi connectivity index (χ4v) is 4.59. The highest BCUT2D eigenvalue weighted by Gasteiger charge is 2.50. The number of hydrogen-bond acceptors (Lipinski definition) is 5. The summed E-state index contributed by atoms with van der Waals surface area (Å²) in [7, 11) is -3.59. The molecule has 2 aliphatic rings. The quantitative estimate of drug-likeness (QED) is 0.716. The fraction of sp³-hybridized carbons (Fsp3) is 0.889. The number of primary sulfonamides is 1. The minimum Gasteiger partial charge on any atom is -0.461 e. The van der Waals surface area contributed by atoms with Crippen molar-refractivity contribution in [2.24, 2.45) is 10.6 Å². The Bertz CT molecular complexity index is 386. The molecule has 2 aliphatic heterocycles. The molecule has 0 amide bonds. The minimum absolute atomic E-state index is 0.251. The average Bonchev–Trinajstić information content (AvgIpc) is 2.41. The van der Waals surface area contributed by atoms with Crippen molar-refractivity contribution in [3.05, 3.63) is 0 Å². The molecule has 2 atom stereocenters. The van der Waals surface area contributed by atoms with E-state index in [1.54, 1.807) is 11.8 Å². The van der Waals surface area contributed by atoms with Crippen molar-refractivity contribution >= 4 is 27.8 Å². The standard InChI is InChI=1S/C9H15NO4S2/c10-16(12,13)5-7-9(4-8(11)14-7)2-1-3-15-6-9/h7H,1-6H2,(H2,10,12,13). The SMILES string of the molecule is NS(=O)(=O)CC1OC(=O)CC12CCCSC2. The second-order valence-corrected chi connectivity index (χ2v) is 7.27. The predicted molar refractivity (Wildman–Crippen MR) is 61.5 cm³/mol. The predicted octanol–water partition coefficient (Wildman–Crippen LogP) is 0.104. The normalized spacial score (nSPS) is 35.3. The van der Waals surface area contributed by atoms with E-state index >= 15 is 0 Å². The lowest BCUT2D eigenvalue weighted by Crippen LogP contribution is -2.41. The summed E-state index contributed by atoms with van der Waals surface area (Å²) in [5, 5.41) is 5.02. The van der Waals surface area contributed by atoms with E-state index in [9.17, 15) is 13.2 Å². The summed E-state index contributed by atoms with van der Waals surface area (Å²) in [6, 6.07) is 0. The average molecular weight is 265 g/mol. The van der Waals surface area contributed by atoms with Gasteiger partial charge in [-0.25, -0.2) is 13.6 Å². The summed E-state index contributed by atoms with van der Waals surface area (Å²) in [4.78, 5) is 11.3. The zero-order chi connectivity index (χ0) is 11.8. The van der Waals surface area contributed by atoms with Gasteiger partial charge >= 0.3 is 5.97 Å². The molecule has 5 nitrogen and oxygen atoms in total. The summed E-state index contributed by atoms with van der Waals surface area (Å²) in [6.45, 7) is 0. The van der Waals surface area contributed by atoms with Gasteiger partial charge < -0.3 is 4.74 Å². The lowest BCUT2D eigenvalue weighted by atomic mass is 9.79. The van der Waals surface area contributed by atoms with Gasteiger partial charge in [-0.05, 0) is 18.6 Å². The van der Waals surface area contributed by atoms with Crippen LogP contribution in [0.3, 0.4) is 0 Å². The Labute approximate surface area is 99.1 Å². The number of esters is 1. The number of carbonyl (C=O) groups is 1. The van der Waals surface area contributed by atoms with Crippen molar-refractivity contribution in [1.29, 1.82) is 0 Å². The maximum atomic E-state index is 11.3. The molecule has 0 aliphatic carbocycles. The van der Waals surface area contributed by atoms with Crippen LogP contribution < -0.4 is 5.14 Å². The van der Waals surface area contributed by atoms with Gasteiger partial charge in [-0.1, -0.05) is 0 Å². The van der Waals surface area contributed by atoms with Crippen molar-refractivity contribution in [1.82, 2.24) is 0 Å². The third-order valence-corrected chi connectivity index (χ3v) is 5.31. The van der Waals surface area contributed by atoms with Gasteiger partial charge in [0.15, 0.2) is 0 Å². The topological polar surface area (TPSA) is 86.5 Å². The van der Waals surface area contributed by atoms with Crippen molar-refractivity contribution in [3.63, 3.8) is 0 Å². The van der Waals surface area contributed by atoms with E-state index in [1.165, 1.54) is 0 Å². The minimum atomic E-state index is -3.59. The number of ether oxygens (including phenoxy) is 1. The van der Waals surface area contributed by atoms with E-state index in [1.807, 2.05) is 0 Å². The van der Waals surface area contributed by atoms with Gasteiger partial charge in [0.1, 0.15) is 11.9 Å². The Kier molecular flexibility index (Phi) is 3.20. The van der Waals surface area contributed by atoms with Gasteiger partial charge in [0.05, 0.1) is 6.42 Å². The molecule has 0 radical (unpaired) electrons. The van der Waals surface area contributed by atoms with Crippen LogP contribution in [0.4, 0.5) is 0 Å². The van der Waals surface area contributed by atoms with E-state index in [4.69, 9.17) is 9.88 Å². The Morgan fingerprint density at radius 1 is 1.56 bits per heavy atom. The molecule has 0 saturated carbocycles. The third-order valence-electron chi connectivity index (χ3n) is 3.19. The molecule has 92 valence electrons. The molecule has 2 heterocycles. The molecular weight excluding hydrogens is 250 g/mol. The zero-order valence-electron chi connectivity index (χ0n) is 8.85. The van der Waals surface area contributed by atoms with Crippen LogP contribution in [-0.4, -0.2) is 37.7 Å². The van der Waals surface area contributed by atoms with Crippen LogP contribution in [0, 0.1) is 5.41 Å². The van der Waals surface area contributed by atoms with Gasteiger partial charge in [-0.2, -0.15) is 11.8 Å². The molecule has 1 spiro atoms. The highest BCUT2D eigenvalue weighted by atomic mass is 32.2. The Morgan fingerprint density at radius 3 is 2.88 bits per heavy atom. The van der Waals surface area contributed by atoms with Gasteiger partial charge in [0.2, 0.25) is 10.0 Å². The van der Waals surface area contributed by atoms with Crippen LogP contribution >= 0.6 is 11.8 Å². The largest absolute Gasteiger partial charge is 0.461 e. The molecule has 0 bridgehead atoms. The summed E-state index contributed by atoms with van der Waals surface area (Å²) < 4.78 is 27.3. The van der Waals surface area contributed by atoms with E-state index < -0.39 is 16.1 Å². The fourth-order valence-electron chi connectivity index (χ4n) is 2.42. The van der Waals surface area contributed by atoms with E-state index in [-0.39, 0.29) is 17.1 Å². The third kappa shape index (κ3) is 2.52. The number of hydrogen-bond donors (Lipinski definition) is 1.